The highest BCUT2D eigenvalue weighted by Gasteiger charge is 2.43. The van der Waals surface area contributed by atoms with E-state index in [4.69, 9.17) is 0 Å². The Hall–Kier alpha value is -0.930. The van der Waals surface area contributed by atoms with Gasteiger partial charge in [-0.3, -0.25) is 4.79 Å². The van der Waals surface area contributed by atoms with Gasteiger partial charge in [-0.05, 0) is 29.9 Å². The zero-order valence-corrected chi connectivity index (χ0v) is 11.5. The van der Waals surface area contributed by atoms with Crippen molar-refractivity contribution in [1.29, 1.82) is 0 Å². The van der Waals surface area contributed by atoms with E-state index in [0.29, 0.717) is 12.0 Å². The van der Waals surface area contributed by atoms with Gasteiger partial charge in [0.05, 0.1) is 11.7 Å². The summed E-state index contributed by atoms with van der Waals surface area (Å²) in [6.45, 7) is 7.69. The summed E-state index contributed by atoms with van der Waals surface area (Å²) in [6.07, 6.45) is 1.94. The molecule has 100 valence electrons. The molecule has 0 fully saturated rings. The first kappa shape index (κ1) is 13.5. The fourth-order valence-corrected chi connectivity index (χ4v) is 3.15. The lowest BCUT2D eigenvalue weighted by molar-refractivity contribution is -0.117. The SMILES string of the molecule is CC(C)C1=CC2=C(C(=O)CC2C)C(C)(O)CC1O. The van der Waals surface area contributed by atoms with Gasteiger partial charge in [-0.15, -0.1) is 0 Å². The van der Waals surface area contributed by atoms with Gasteiger partial charge < -0.3 is 10.2 Å². The van der Waals surface area contributed by atoms with Crippen LogP contribution in [0.1, 0.15) is 40.5 Å². The average molecular weight is 250 g/mol. The van der Waals surface area contributed by atoms with Crippen LogP contribution in [0.5, 0.6) is 0 Å². The van der Waals surface area contributed by atoms with Gasteiger partial charge in [0.15, 0.2) is 5.78 Å². The molecule has 18 heavy (non-hydrogen) atoms. The Morgan fingerprint density at radius 2 is 2.06 bits per heavy atom. The van der Waals surface area contributed by atoms with Crippen molar-refractivity contribution in [3.63, 3.8) is 0 Å². The fourth-order valence-electron chi connectivity index (χ4n) is 3.15. The second-order valence-electron chi connectivity index (χ2n) is 6.15. The molecule has 2 N–H and O–H groups in total. The smallest absolute Gasteiger partial charge is 0.162 e. The highest BCUT2D eigenvalue weighted by molar-refractivity contribution is 6.01. The van der Waals surface area contributed by atoms with Crippen LogP contribution in [0.25, 0.3) is 0 Å². The minimum absolute atomic E-state index is 0.0240. The Morgan fingerprint density at radius 1 is 1.44 bits per heavy atom. The Labute approximate surface area is 108 Å². The molecule has 2 aliphatic rings. The predicted molar refractivity (Wildman–Crippen MR) is 70.0 cm³/mol. The second-order valence-corrected chi connectivity index (χ2v) is 6.15. The highest BCUT2D eigenvalue weighted by Crippen LogP contribution is 2.42. The molecule has 2 aliphatic carbocycles. The minimum Gasteiger partial charge on any atom is -0.389 e. The molecule has 0 saturated carbocycles. The van der Waals surface area contributed by atoms with Crippen molar-refractivity contribution in [3.8, 4) is 0 Å². The van der Waals surface area contributed by atoms with Crippen LogP contribution >= 0.6 is 0 Å². The third-order valence-corrected chi connectivity index (χ3v) is 4.09. The highest BCUT2D eigenvalue weighted by atomic mass is 16.3. The zero-order chi connectivity index (χ0) is 13.7. The average Bonchev–Trinajstić information content (AvgIpc) is 2.41. The van der Waals surface area contributed by atoms with E-state index in [-0.39, 0.29) is 24.0 Å². The Bertz CT molecular complexity index is 441. The lowest BCUT2D eigenvalue weighted by Crippen LogP contribution is -2.34. The Balaban J connectivity index is 2.57. The monoisotopic (exact) mass is 250 g/mol. The molecule has 0 amide bonds. The molecular weight excluding hydrogens is 228 g/mol. The summed E-state index contributed by atoms with van der Waals surface area (Å²) in [5, 5.41) is 20.7. The van der Waals surface area contributed by atoms with E-state index in [1.165, 1.54) is 0 Å². The van der Waals surface area contributed by atoms with E-state index in [1.807, 2.05) is 26.8 Å². The summed E-state index contributed by atoms with van der Waals surface area (Å²) in [6, 6.07) is 0. The van der Waals surface area contributed by atoms with Crippen LogP contribution in [0.3, 0.4) is 0 Å². The molecule has 0 bridgehead atoms. The third kappa shape index (κ3) is 2.06. The van der Waals surface area contributed by atoms with Crippen molar-refractivity contribution in [1.82, 2.24) is 0 Å². The number of allylic oxidation sites excluding steroid dienone is 2. The second kappa shape index (κ2) is 4.32. The number of aliphatic hydroxyl groups is 2. The first-order valence-electron chi connectivity index (χ1n) is 6.63. The molecule has 0 aromatic heterocycles. The maximum Gasteiger partial charge on any atom is 0.162 e. The summed E-state index contributed by atoms with van der Waals surface area (Å²) in [5.41, 5.74) is 1.14. The van der Waals surface area contributed by atoms with E-state index >= 15 is 0 Å². The van der Waals surface area contributed by atoms with Crippen LogP contribution in [0.15, 0.2) is 22.8 Å². The zero-order valence-electron chi connectivity index (χ0n) is 11.5. The molecule has 3 heteroatoms. The van der Waals surface area contributed by atoms with Gasteiger partial charge >= 0.3 is 0 Å². The van der Waals surface area contributed by atoms with Gasteiger partial charge in [0, 0.05) is 18.4 Å². The van der Waals surface area contributed by atoms with E-state index in [0.717, 1.165) is 11.1 Å². The van der Waals surface area contributed by atoms with E-state index in [1.54, 1.807) is 6.92 Å². The van der Waals surface area contributed by atoms with Gasteiger partial charge in [-0.1, -0.05) is 26.8 Å². The van der Waals surface area contributed by atoms with Crippen LogP contribution in [0.2, 0.25) is 0 Å². The molecule has 3 nitrogen and oxygen atoms in total. The normalized spacial score (nSPS) is 36.8. The molecule has 0 aliphatic heterocycles. The number of ketones is 1. The van der Waals surface area contributed by atoms with Crippen molar-refractivity contribution in [3.05, 3.63) is 22.8 Å². The van der Waals surface area contributed by atoms with Gasteiger partial charge in [-0.2, -0.15) is 0 Å². The summed E-state index contributed by atoms with van der Waals surface area (Å²) in [7, 11) is 0. The Kier molecular flexibility index (Phi) is 3.24. The molecule has 0 heterocycles. The quantitative estimate of drug-likeness (QED) is 0.748. The van der Waals surface area contributed by atoms with E-state index in [9.17, 15) is 15.0 Å². The molecule has 0 aromatic rings. The van der Waals surface area contributed by atoms with Crippen molar-refractivity contribution in [2.24, 2.45) is 11.8 Å². The van der Waals surface area contributed by atoms with Gasteiger partial charge in [0.2, 0.25) is 0 Å². The standard InChI is InChI=1S/C15H22O3/c1-8(2)10-6-11-9(3)5-12(16)14(11)15(4,18)7-13(10)17/h6,8-9,13,17-18H,5,7H2,1-4H3. The predicted octanol–water partition coefficient (Wildman–Crippen LogP) is 1.99. The molecule has 0 radical (unpaired) electrons. The largest absolute Gasteiger partial charge is 0.389 e. The molecule has 0 spiro atoms. The van der Waals surface area contributed by atoms with Crippen LogP contribution < -0.4 is 0 Å². The molecule has 3 atom stereocenters. The maximum absolute atomic E-state index is 12.0. The number of rotatable bonds is 1. The van der Waals surface area contributed by atoms with Crippen LogP contribution in [0, 0.1) is 11.8 Å². The van der Waals surface area contributed by atoms with Gasteiger partial charge in [0.1, 0.15) is 0 Å². The number of Topliss-reactive ketones (excluding diaryl/α,β-unsaturated/α-hetero) is 1. The Morgan fingerprint density at radius 3 is 2.61 bits per heavy atom. The number of hydrogen-bond donors (Lipinski definition) is 2. The van der Waals surface area contributed by atoms with Gasteiger partial charge in [0.25, 0.3) is 0 Å². The van der Waals surface area contributed by atoms with Gasteiger partial charge in [-0.25, -0.2) is 0 Å². The number of carbonyl (C=O) groups excluding carboxylic acids is 1. The van der Waals surface area contributed by atoms with E-state index < -0.39 is 11.7 Å². The van der Waals surface area contributed by atoms with Crippen LogP contribution in [-0.4, -0.2) is 27.7 Å². The lowest BCUT2D eigenvalue weighted by atomic mass is 9.86. The number of aliphatic hydroxyl groups excluding tert-OH is 1. The van der Waals surface area contributed by atoms with E-state index in [2.05, 4.69) is 0 Å². The van der Waals surface area contributed by atoms with Crippen LogP contribution in [-0.2, 0) is 4.79 Å². The minimum atomic E-state index is -1.22. The first-order valence-corrected chi connectivity index (χ1v) is 6.63. The topological polar surface area (TPSA) is 57.5 Å². The van der Waals surface area contributed by atoms with Crippen molar-refractivity contribution in [2.45, 2.75) is 52.2 Å². The number of hydrogen-bond acceptors (Lipinski definition) is 3. The summed E-state index contributed by atoms with van der Waals surface area (Å²) in [4.78, 5) is 12.0. The molecule has 3 unspecified atom stereocenters. The lowest BCUT2D eigenvalue weighted by Gasteiger charge is -2.27. The van der Waals surface area contributed by atoms with Crippen molar-refractivity contribution >= 4 is 5.78 Å². The van der Waals surface area contributed by atoms with Crippen molar-refractivity contribution < 1.29 is 15.0 Å². The molecular formula is C15H22O3. The molecule has 0 aromatic carbocycles. The summed E-state index contributed by atoms with van der Waals surface area (Å²) >= 11 is 0. The van der Waals surface area contributed by atoms with Crippen molar-refractivity contribution in [2.75, 3.05) is 0 Å². The summed E-state index contributed by atoms with van der Waals surface area (Å²) in [5.74, 6) is 0.375. The fraction of sp³-hybridized carbons (Fsp3) is 0.667. The third-order valence-electron chi connectivity index (χ3n) is 4.09. The maximum atomic E-state index is 12.0. The van der Waals surface area contributed by atoms with Crippen LogP contribution in [0.4, 0.5) is 0 Å². The first-order chi connectivity index (χ1) is 8.24. The number of carbonyl (C=O) groups is 1. The molecule has 0 saturated heterocycles. The summed E-state index contributed by atoms with van der Waals surface area (Å²) < 4.78 is 0. The molecule has 2 rings (SSSR count).